The molecule has 0 saturated heterocycles. The number of carbonyl (C=O) groups excluding carboxylic acids is 1. The quantitative estimate of drug-likeness (QED) is 0.887. The first-order chi connectivity index (χ1) is 10.1. The summed E-state index contributed by atoms with van der Waals surface area (Å²) in [7, 11) is 1.35. The summed E-state index contributed by atoms with van der Waals surface area (Å²) in [6.07, 6.45) is 0. The molecule has 0 bridgehead atoms. The Kier molecular flexibility index (Phi) is 4.90. The van der Waals surface area contributed by atoms with Gasteiger partial charge in [-0.15, -0.1) is 0 Å². The van der Waals surface area contributed by atoms with Gasteiger partial charge in [0.15, 0.2) is 11.6 Å². The molecular formula is C16H16FNO3. The van der Waals surface area contributed by atoms with E-state index in [9.17, 15) is 9.18 Å². The van der Waals surface area contributed by atoms with Gasteiger partial charge in [-0.25, -0.2) is 4.39 Å². The lowest BCUT2D eigenvalue weighted by atomic mass is 10.1. The number of amides is 1. The second kappa shape index (κ2) is 6.85. The largest absolute Gasteiger partial charge is 0.494 e. The second-order valence-electron chi connectivity index (χ2n) is 4.51. The fraction of sp³-hybridized carbons (Fsp3) is 0.188. The molecule has 21 heavy (non-hydrogen) atoms. The number of carbonyl (C=O) groups is 1. The van der Waals surface area contributed by atoms with Crippen LogP contribution >= 0.6 is 0 Å². The molecule has 2 aromatic carbocycles. The van der Waals surface area contributed by atoms with E-state index in [0.29, 0.717) is 12.1 Å². The van der Waals surface area contributed by atoms with Gasteiger partial charge in [-0.05, 0) is 29.3 Å². The Hall–Kier alpha value is -2.40. The van der Waals surface area contributed by atoms with Crippen molar-refractivity contribution >= 4 is 5.91 Å². The monoisotopic (exact) mass is 289 g/mol. The minimum Gasteiger partial charge on any atom is -0.494 e. The number of hydrogen-bond donors (Lipinski definition) is 2. The van der Waals surface area contributed by atoms with E-state index in [1.807, 2.05) is 12.1 Å². The number of halogens is 1. The summed E-state index contributed by atoms with van der Waals surface area (Å²) in [5.41, 5.74) is 2.06. The lowest BCUT2D eigenvalue weighted by Crippen LogP contribution is -2.22. The Morgan fingerprint density at radius 2 is 1.86 bits per heavy atom. The average Bonchev–Trinajstić information content (AvgIpc) is 2.53. The van der Waals surface area contributed by atoms with Crippen LogP contribution in [0.15, 0.2) is 42.5 Å². The predicted molar refractivity (Wildman–Crippen MR) is 76.5 cm³/mol. The average molecular weight is 289 g/mol. The van der Waals surface area contributed by atoms with Crippen molar-refractivity contribution in [1.29, 1.82) is 0 Å². The number of aliphatic hydroxyl groups excluding tert-OH is 1. The third-order valence-electron chi connectivity index (χ3n) is 3.07. The molecule has 0 radical (unpaired) electrons. The second-order valence-corrected chi connectivity index (χ2v) is 4.51. The molecular weight excluding hydrogens is 273 g/mol. The molecule has 2 N–H and O–H groups in total. The summed E-state index contributed by atoms with van der Waals surface area (Å²) in [4.78, 5) is 12.0. The number of hydrogen-bond acceptors (Lipinski definition) is 3. The number of benzene rings is 2. The minimum atomic E-state index is -0.506. The first kappa shape index (κ1) is 15.0. The molecule has 2 rings (SSSR count). The zero-order valence-corrected chi connectivity index (χ0v) is 11.6. The maximum Gasteiger partial charge on any atom is 0.251 e. The summed E-state index contributed by atoms with van der Waals surface area (Å²) >= 11 is 0. The molecule has 4 nitrogen and oxygen atoms in total. The molecule has 0 unspecified atom stereocenters. The smallest absolute Gasteiger partial charge is 0.251 e. The zero-order valence-electron chi connectivity index (χ0n) is 11.6. The van der Waals surface area contributed by atoms with Crippen LogP contribution in [0.25, 0.3) is 0 Å². The summed E-state index contributed by atoms with van der Waals surface area (Å²) in [5, 5.41) is 11.7. The van der Waals surface area contributed by atoms with Crippen LogP contribution in [0.1, 0.15) is 21.5 Å². The van der Waals surface area contributed by atoms with E-state index in [1.54, 1.807) is 12.1 Å². The standard InChI is InChI=1S/C16H16FNO3/c1-21-15-8-13(6-7-14(15)17)16(20)18-9-11-2-4-12(10-19)5-3-11/h2-8,19H,9-10H2,1H3,(H,18,20). The van der Waals surface area contributed by atoms with Crippen molar-refractivity contribution < 1.29 is 19.0 Å². The van der Waals surface area contributed by atoms with Gasteiger partial charge in [-0.2, -0.15) is 0 Å². The van der Waals surface area contributed by atoms with E-state index in [-0.39, 0.29) is 18.3 Å². The van der Waals surface area contributed by atoms with Crippen LogP contribution < -0.4 is 10.1 Å². The molecule has 110 valence electrons. The van der Waals surface area contributed by atoms with Crippen LogP contribution in [0.5, 0.6) is 5.75 Å². The van der Waals surface area contributed by atoms with Crippen molar-refractivity contribution in [1.82, 2.24) is 5.32 Å². The first-order valence-electron chi connectivity index (χ1n) is 6.44. The Balaban J connectivity index is 2.00. The van der Waals surface area contributed by atoms with Crippen LogP contribution in [0.2, 0.25) is 0 Å². The minimum absolute atomic E-state index is 0.0119. The highest BCUT2D eigenvalue weighted by atomic mass is 19.1. The van der Waals surface area contributed by atoms with E-state index in [2.05, 4.69) is 5.32 Å². The van der Waals surface area contributed by atoms with Gasteiger partial charge < -0.3 is 15.2 Å². The van der Waals surface area contributed by atoms with Gasteiger partial charge in [0, 0.05) is 12.1 Å². The maximum atomic E-state index is 13.3. The van der Waals surface area contributed by atoms with E-state index in [1.165, 1.54) is 25.3 Å². The molecule has 0 fully saturated rings. The van der Waals surface area contributed by atoms with Gasteiger partial charge in [0.2, 0.25) is 0 Å². The summed E-state index contributed by atoms with van der Waals surface area (Å²) in [5.74, 6) is -0.775. The Labute approximate surface area is 122 Å². The van der Waals surface area contributed by atoms with Gasteiger partial charge in [-0.1, -0.05) is 24.3 Å². The van der Waals surface area contributed by atoms with Crippen LogP contribution in [0, 0.1) is 5.82 Å². The van der Waals surface area contributed by atoms with Gasteiger partial charge in [0.05, 0.1) is 13.7 Å². The molecule has 0 saturated carbocycles. The van der Waals surface area contributed by atoms with E-state index in [0.717, 1.165) is 11.1 Å². The van der Waals surface area contributed by atoms with Crippen molar-refractivity contribution in [2.45, 2.75) is 13.2 Å². The molecule has 1 amide bonds. The van der Waals surface area contributed by atoms with Gasteiger partial charge in [0.25, 0.3) is 5.91 Å². The van der Waals surface area contributed by atoms with Gasteiger partial charge in [-0.3, -0.25) is 4.79 Å². The van der Waals surface area contributed by atoms with E-state index < -0.39 is 5.82 Å². The van der Waals surface area contributed by atoms with Crippen molar-refractivity contribution in [2.75, 3.05) is 7.11 Å². The van der Waals surface area contributed by atoms with Crippen molar-refractivity contribution in [3.8, 4) is 5.75 Å². The van der Waals surface area contributed by atoms with Crippen molar-refractivity contribution in [2.24, 2.45) is 0 Å². The van der Waals surface area contributed by atoms with E-state index in [4.69, 9.17) is 9.84 Å². The Morgan fingerprint density at radius 3 is 2.48 bits per heavy atom. The number of ether oxygens (including phenoxy) is 1. The third-order valence-corrected chi connectivity index (χ3v) is 3.07. The molecule has 0 aliphatic heterocycles. The normalized spacial score (nSPS) is 10.2. The van der Waals surface area contributed by atoms with Crippen molar-refractivity contribution in [3.63, 3.8) is 0 Å². The molecule has 5 heteroatoms. The molecule has 0 heterocycles. The first-order valence-corrected chi connectivity index (χ1v) is 6.44. The number of aliphatic hydroxyl groups is 1. The Morgan fingerprint density at radius 1 is 1.19 bits per heavy atom. The fourth-order valence-electron chi connectivity index (χ4n) is 1.85. The van der Waals surface area contributed by atoms with Crippen LogP contribution in [-0.4, -0.2) is 18.1 Å². The molecule has 2 aromatic rings. The highest BCUT2D eigenvalue weighted by Crippen LogP contribution is 2.18. The molecule has 0 atom stereocenters. The molecule has 0 aliphatic carbocycles. The van der Waals surface area contributed by atoms with Gasteiger partial charge in [0.1, 0.15) is 0 Å². The molecule has 0 aromatic heterocycles. The van der Waals surface area contributed by atoms with Crippen molar-refractivity contribution in [3.05, 3.63) is 65.0 Å². The lowest BCUT2D eigenvalue weighted by molar-refractivity contribution is 0.0950. The maximum absolute atomic E-state index is 13.3. The molecule has 0 aliphatic rings. The van der Waals surface area contributed by atoms with Crippen LogP contribution in [-0.2, 0) is 13.2 Å². The predicted octanol–water partition coefficient (Wildman–Crippen LogP) is 2.26. The van der Waals surface area contributed by atoms with Crippen LogP contribution in [0.4, 0.5) is 4.39 Å². The fourth-order valence-corrected chi connectivity index (χ4v) is 1.85. The zero-order chi connectivity index (χ0) is 15.2. The highest BCUT2D eigenvalue weighted by molar-refractivity contribution is 5.94. The number of methoxy groups -OCH3 is 1. The summed E-state index contributed by atoms with van der Waals surface area (Å²) < 4.78 is 18.1. The van der Waals surface area contributed by atoms with Gasteiger partial charge >= 0.3 is 0 Å². The lowest BCUT2D eigenvalue weighted by Gasteiger charge is -2.08. The summed E-state index contributed by atoms with van der Waals surface area (Å²) in [6.45, 7) is 0.340. The Bertz CT molecular complexity index is 626. The van der Waals surface area contributed by atoms with Crippen LogP contribution in [0.3, 0.4) is 0 Å². The number of nitrogens with one attached hydrogen (secondary N) is 1. The SMILES string of the molecule is COc1cc(C(=O)NCc2ccc(CO)cc2)ccc1F. The third kappa shape index (κ3) is 3.79. The topological polar surface area (TPSA) is 58.6 Å². The summed E-state index contributed by atoms with van der Waals surface area (Å²) in [6, 6.07) is 11.2. The molecule has 0 spiro atoms. The van der Waals surface area contributed by atoms with E-state index >= 15 is 0 Å². The highest BCUT2D eigenvalue weighted by Gasteiger charge is 2.09. The number of rotatable bonds is 5.